The lowest BCUT2D eigenvalue weighted by molar-refractivity contribution is 0.210. The van der Waals surface area contributed by atoms with Crippen molar-refractivity contribution in [1.29, 1.82) is 0 Å². The topological polar surface area (TPSA) is 35.2 Å². The van der Waals surface area contributed by atoms with E-state index in [2.05, 4.69) is 41.1 Å². The molecule has 0 saturated heterocycles. The number of rotatable bonds is 4. The van der Waals surface area contributed by atoms with Gasteiger partial charge in [-0.3, -0.25) is 10.00 Å². The van der Waals surface area contributed by atoms with Crippen molar-refractivity contribution in [1.82, 2.24) is 20.0 Å². The molecule has 1 aromatic rings. The molecule has 0 aliphatic heterocycles. The van der Waals surface area contributed by atoms with Crippen LogP contribution in [0.4, 0.5) is 0 Å². The highest BCUT2D eigenvalue weighted by atomic mass is 35.5. The number of fused-ring (bicyclic) bond motifs is 1. The number of nitrogens with one attached hydrogen (secondary N) is 1. The summed E-state index contributed by atoms with van der Waals surface area (Å²) in [5.41, 5.74) is 1.96. The zero-order valence-electron chi connectivity index (χ0n) is 13.6. The van der Waals surface area contributed by atoms with Crippen LogP contribution in [0.2, 0.25) is 5.02 Å². The van der Waals surface area contributed by atoms with E-state index < -0.39 is 0 Å². The van der Waals surface area contributed by atoms with E-state index in [0.717, 1.165) is 40.8 Å². The lowest BCUT2D eigenvalue weighted by Gasteiger charge is -2.26. The van der Waals surface area contributed by atoms with Crippen LogP contribution in [0.1, 0.15) is 37.1 Å². The van der Waals surface area contributed by atoms with E-state index >= 15 is 0 Å². The molecule has 0 amide bonds. The third kappa shape index (κ3) is 2.99. The Bertz CT molecular complexity index is 484. The van der Waals surface area contributed by atoms with E-state index in [4.69, 9.17) is 11.6 Å². The van der Waals surface area contributed by atoms with Gasteiger partial charge in [-0.15, -0.1) is 0 Å². The van der Waals surface area contributed by atoms with Gasteiger partial charge in [0.2, 0.25) is 0 Å². The molecule has 2 aliphatic carbocycles. The van der Waals surface area contributed by atoms with Crippen molar-refractivity contribution in [3.8, 4) is 0 Å². The molecule has 0 radical (unpaired) electrons. The highest BCUT2D eigenvalue weighted by Crippen LogP contribution is 2.46. The average Bonchev–Trinajstić information content (AvgIpc) is 3.07. The van der Waals surface area contributed by atoms with Gasteiger partial charge in [-0.2, -0.15) is 5.10 Å². The summed E-state index contributed by atoms with van der Waals surface area (Å²) in [4.78, 5) is 4.85. The normalized spacial score (nSPS) is 32.3. The fraction of sp³-hybridized carbons (Fsp3) is 0.812. The van der Waals surface area contributed by atoms with Crippen LogP contribution in [-0.4, -0.2) is 53.2 Å². The summed E-state index contributed by atoms with van der Waals surface area (Å²) < 4.78 is 0. The van der Waals surface area contributed by atoms with Crippen molar-refractivity contribution >= 4 is 11.6 Å². The molecule has 1 N–H and O–H groups in total. The number of aryl methyl sites for hydroxylation is 1. The van der Waals surface area contributed by atoms with Gasteiger partial charge >= 0.3 is 0 Å². The number of hydrogen-bond donors (Lipinski definition) is 1. The van der Waals surface area contributed by atoms with Crippen molar-refractivity contribution in [2.24, 2.45) is 11.8 Å². The zero-order chi connectivity index (χ0) is 15.1. The minimum absolute atomic E-state index is 0.691. The number of halogens is 1. The van der Waals surface area contributed by atoms with Crippen molar-refractivity contribution in [3.63, 3.8) is 0 Å². The third-order valence-electron chi connectivity index (χ3n) is 5.66. The minimum Gasteiger partial charge on any atom is -0.306 e. The zero-order valence-corrected chi connectivity index (χ0v) is 14.3. The second-order valence-corrected chi connectivity index (χ2v) is 7.64. The number of H-pyrrole nitrogens is 1. The van der Waals surface area contributed by atoms with Gasteiger partial charge < -0.3 is 4.90 Å². The second-order valence-electron chi connectivity index (χ2n) is 7.26. The van der Waals surface area contributed by atoms with E-state index in [1.54, 1.807) is 0 Å². The first-order valence-corrected chi connectivity index (χ1v) is 8.39. The van der Waals surface area contributed by atoms with Gasteiger partial charge in [-0.25, -0.2) is 0 Å². The van der Waals surface area contributed by atoms with E-state index in [9.17, 15) is 0 Å². The molecule has 0 aromatic carbocycles. The number of nitrogens with zero attached hydrogens (tertiary/aromatic N) is 3. The third-order valence-corrected chi connectivity index (χ3v) is 6.16. The van der Waals surface area contributed by atoms with Crippen LogP contribution >= 0.6 is 11.6 Å². The Kier molecular flexibility index (Phi) is 4.30. The van der Waals surface area contributed by atoms with Crippen LogP contribution in [0.25, 0.3) is 0 Å². The maximum absolute atomic E-state index is 6.28. The van der Waals surface area contributed by atoms with Crippen molar-refractivity contribution in [3.05, 3.63) is 16.4 Å². The summed E-state index contributed by atoms with van der Waals surface area (Å²) in [5, 5.41) is 8.10. The predicted molar refractivity (Wildman–Crippen MR) is 86.5 cm³/mol. The Morgan fingerprint density at radius 2 is 1.67 bits per heavy atom. The molecule has 2 fully saturated rings. The molecule has 2 unspecified atom stereocenters. The molecule has 3 rings (SSSR count). The summed E-state index contributed by atoms with van der Waals surface area (Å²) >= 11 is 6.28. The lowest BCUT2D eigenvalue weighted by atomic mass is 10.0. The molecule has 4 atom stereocenters. The molecule has 5 heteroatoms. The Hall–Kier alpha value is -0.580. The van der Waals surface area contributed by atoms with Gasteiger partial charge in [-0.1, -0.05) is 11.6 Å². The molecular weight excluding hydrogens is 284 g/mol. The first-order chi connectivity index (χ1) is 9.95. The highest BCUT2D eigenvalue weighted by molar-refractivity contribution is 6.31. The monoisotopic (exact) mass is 310 g/mol. The maximum Gasteiger partial charge on any atom is 0.0951 e. The maximum atomic E-state index is 6.28. The van der Waals surface area contributed by atoms with E-state index in [1.807, 2.05) is 6.92 Å². The molecule has 118 valence electrons. The van der Waals surface area contributed by atoms with Crippen LogP contribution in [0, 0.1) is 18.8 Å². The van der Waals surface area contributed by atoms with Crippen molar-refractivity contribution < 1.29 is 0 Å². The lowest BCUT2D eigenvalue weighted by Crippen LogP contribution is -2.31. The molecule has 0 bridgehead atoms. The van der Waals surface area contributed by atoms with Crippen LogP contribution in [0.3, 0.4) is 0 Å². The first kappa shape index (κ1) is 15.3. The standard InChI is InChI=1S/C16H27ClN4/c1-10-16(17)15(19-18-10)9-21(4)14-7-11-5-13(20(2)3)6-12(11)8-14/h11-14H,5-9H2,1-4H3,(H,18,19)/t11-,12+,13?,14?. The summed E-state index contributed by atoms with van der Waals surface area (Å²) in [7, 11) is 6.66. The molecule has 0 spiro atoms. The van der Waals surface area contributed by atoms with E-state index in [-0.39, 0.29) is 0 Å². The smallest absolute Gasteiger partial charge is 0.0951 e. The summed E-state index contributed by atoms with van der Waals surface area (Å²) in [6.45, 7) is 2.82. The number of aromatic nitrogens is 2. The fourth-order valence-corrected chi connectivity index (χ4v) is 4.41. The average molecular weight is 311 g/mol. The van der Waals surface area contributed by atoms with Crippen LogP contribution in [0.15, 0.2) is 0 Å². The Morgan fingerprint density at radius 1 is 1.10 bits per heavy atom. The van der Waals surface area contributed by atoms with Crippen molar-refractivity contribution in [2.45, 2.75) is 51.2 Å². The number of hydrogen-bond acceptors (Lipinski definition) is 3. The summed E-state index contributed by atoms with van der Waals surface area (Å²) in [5.74, 6) is 1.84. The summed E-state index contributed by atoms with van der Waals surface area (Å²) in [6, 6.07) is 1.49. The predicted octanol–water partition coefficient (Wildman–Crippen LogP) is 2.92. The van der Waals surface area contributed by atoms with E-state index in [0.29, 0.717) is 6.04 Å². The van der Waals surface area contributed by atoms with Gasteiger partial charge in [0, 0.05) is 18.6 Å². The summed E-state index contributed by atoms with van der Waals surface area (Å²) in [6.07, 6.45) is 5.44. The minimum atomic E-state index is 0.691. The van der Waals surface area contributed by atoms with Gasteiger partial charge in [0.1, 0.15) is 0 Å². The van der Waals surface area contributed by atoms with Gasteiger partial charge in [-0.05, 0) is 65.6 Å². The van der Waals surface area contributed by atoms with Crippen LogP contribution in [-0.2, 0) is 6.54 Å². The van der Waals surface area contributed by atoms with Gasteiger partial charge in [0.25, 0.3) is 0 Å². The SMILES string of the molecule is Cc1[nH]nc(CN(C)C2C[C@H]3CC(N(C)C)C[C@H]3C2)c1Cl. The molecule has 1 aromatic heterocycles. The van der Waals surface area contributed by atoms with Crippen molar-refractivity contribution in [2.75, 3.05) is 21.1 Å². The fourth-order valence-electron chi connectivity index (χ4n) is 4.27. The molecule has 4 nitrogen and oxygen atoms in total. The van der Waals surface area contributed by atoms with Gasteiger partial charge in [0.15, 0.2) is 0 Å². The molecule has 2 aliphatic rings. The molecule has 2 saturated carbocycles. The molecule has 21 heavy (non-hydrogen) atoms. The highest BCUT2D eigenvalue weighted by Gasteiger charge is 2.43. The first-order valence-electron chi connectivity index (χ1n) is 8.01. The second kappa shape index (κ2) is 5.90. The Labute approximate surface area is 132 Å². The van der Waals surface area contributed by atoms with Crippen LogP contribution < -0.4 is 0 Å². The Morgan fingerprint density at radius 3 is 2.14 bits per heavy atom. The van der Waals surface area contributed by atoms with Gasteiger partial charge in [0.05, 0.1) is 16.4 Å². The molecular formula is C16H27ClN4. The quantitative estimate of drug-likeness (QED) is 0.928. The Balaban J connectivity index is 1.57. The number of aromatic amines is 1. The largest absolute Gasteiger partial charge is 0.306 e. The van der Waals surface area contributed by atoms with Crippen LogP contribution in [0.5, 0.6) is 0 Å². The van der Waals surface area contributed by atoms with E-state index in [1.165, 1.54) is 25.7 Å². The molecule has 1 heterocycles.